The number of benzene rings is 3. The zero-order chi connectivity index (χ0) is 16.1. The van der Waals surface area contributed by atoms with Crippen molar-refractivity contribution in [1.29, 1.82) is 0 Å². The highest BCUT2D eigenvalue weighted by Crippen LogP contribution is 2.18. The summed E-state index contributed by atoms with van der Waals surface area (Å²) in [6, 6.07) is 22.1. The molecular formula is C20H20N2O. The number of hydrogen-bond acceptors (Lipinski definition) is 1. The average molecular weight is 304 g/mol. The van der Waals surface area contributed by atoms with Crippen LogP contribution in [0.5, 0.6) is 0 Å². The first kappa shape index (κ1) is 15.1. The van der Waals surface area contributed by atoms with Crippen LogP contribution in [-0.4, -0.2) is 12.6 Å². The summed E-state index contributed by atoms with van der Waals surface area (Å²) in [5.74, 6) is 0. The standard InChI is InChI=1S/C20H20N2O/c1-15-6-2-3-7-16(15)12-13-21-20(23)22-19-11-10-17-8-4-5-9-18(17)14-19/h2-11,14H,12-13H2,1H3,(H2,21,22,23). The maximum atomic E-state index is 12.0. The van der Waals surface area contributed by atoms with Crippen LogP contribution in [0.3, 0.4) is 0 Å². The summed E-state index contributed by atoms with van der Waals surface area (Å²) in [5, 5.41) is 8.07. The monoisotopic (exact) mass is 304 g/mol. The number of rotatable bonds is 4. The highest BCUT2D eigenvalue weighted by atomic mass is 16.2. The lowest BCUT2D eigenvalue weighted by Crippen LogP contribution is -2.30. The van der Waals surface area contributed by atoms with Gasteiger partial charge in [0.15, 0.2) is 0 Å². The largest absolute Gasteiger partial charge is 0.338 e. The van der Waals surface area contributed by atoms with Gasteiger partial charge in [-0.05, 0) is 47.4 Å². The van der Waals surface area contributed by atoms with E-state index in [1.165, 1.54) is 11.1 Å². The number of hydrogen-bond donors (Lipinski definition) is 2. The van der Waals surface area contributed by atoms with Crippen molar-refractivity contribution in [3.05, 3.63) is 77.9 Å². The lowest BCUT2D eigenvalue weighted by Gasteiger charge is -2.09. The van der Waals surface area contributed by atoms with Crippen molar-refractivity contribution < 1.29 is 4.79 Å². The molecule has 2 N–H and O–H groups in total. The van der Waals surface area contributed by atoms with Crippen LogP contribution in [0.15, 0.2) is 66.7 Å². The molecule has 23 heavy (non-hydrogen) atoms. The van der Waals surface area contributed by atoms with Gasteiger partial charge in [0.1, 0.15) is 0 Å². The fourth-order valence-electron chi connectivity index (χ4n) is 2.64. The number of anilines is 1. The third-order valence-corrected chi connectivity index (χ3v) is 3.95. The number of carbonyl (C=O) groups excluding carboxylic acids is 1. The predicted octanol–water partition coefficient (Wildman–Crippen LogP) is 4.51. The highest BCUT2D eigenvalue weighted by Gasteiger charge is 2.03. The maximum Gasteiger partial charge on any atom is 0.319 e. The molecule has 0 aliphatic rings. The van der Waals surface area contributed by atoms with Gasteiger partial charge in [-0.1, -0.05) is 54.6 Å². The van der Waals surface area contributed by atoms with E-state index in [4.69, 9.17) is 0 Å². The molecule has 0 unspecified atom stereocenters. The van der Waals surface area contributed by atoms with Crippen LogP contribution < -0.4 is 10.6 Å². The molecule has 0 spiro atoms. The van der Waals surface area contributed by atoms with Crippen LogP contribution in [-0.2, 0) is 6.42 Å². The van der Waals surface area contributed by atoms with E-state index < -0.39 is 0 Å². The number of carbonyl (C=O) groups is 1. The molecule has 2 amide bonds. The Labute approximate surface area is 136 Å². The van der Waals surface area contributed by atoms with Crippen molar-refractivity contribution in [2.75, 3.05) is 11.9 Å². The minimum atomic E-state index is -0.172. The van der Waals surface area contributed by atoms with E-state index in [0.29, 0.717) is 6.54 Å². The Morgan fingerprint density at radius 1 is 0.913 bits per heavy atom. The van der Waals surface area contributed by atoms with Gasteiger partial charge in [0.25, 0.3) is 0 Å². The number of nitrogens with one attached hydrogen (secondary N) is 2. The lowest BCUT2D eigenvalue weighted by molar-refractivity contribution is 0.252. The second kappa shape index (κ2) is 6.97. The molecule has 0 aliphatic carbocycles. The van der Waals surface area contributed by atoms with Crippen molar-refractivity contribution in [2.24, 2.45) is 0 Å². The van der Waals surface area contributed by atoms with Crippen LogP contribution in [0.4, 0.5) is 10.5 Å². The fourth-order valence-corrected chi connectivity index (χ4v) is 2.64. The molecule has 0 heterocycles. The summed E-state index contributed by atoms with van der Waals surface area (Å²) in [5.41, 5.74) is 3.32. The van der Waals surface area contributed by atoms with E-state index in [1.54, 1.807) is 0 Å². The average Bonchev–Trinajstić information content (AvgIpc) is 2.56. The van der Waals surface area contributed by atoms with Gasteiger partial charge in [0.2, 0.25) is 0 Å². The number of fused-ring (bicyclic) bond motifs is 1. The van der Waals surface area contributed by atoms with Gasteiger partial charge in [-0.3, -0.25) is 0 Å². The first-order chi connectivity index (χ1) is 11.2. The molecule has 0 aliphatic heterocycles. The summed E-state index contributed by atoms with van der Waals surface area (Å²) in [6.07, 6.45) is 0.831. The minimum Gasteiger partial charge on any atom is -0.338 e. The van der Waals surface area contributed by atoms with Crippen molar-refractivity contribution in [3.63, 3.8) is 0 Å². The predicted molar refractivity (Wildman–Crippen MR) is 95.9 cm³/mol. The Hall–Kier alpha value is -2.81. The Morgan fingerprint density at radius 2 is 1.65 bits per heavy atom. The molecule has 3 nitrogen and oxygen atoms in total. The Bertz CT molecular complexity index is 826. The fraction of sp³-hybridized carbons (Fsp3) is 0.150. The van der Waals surface area contributed by atoms with Crippen LogP contribution in [0.1, 0.15) is 11.1 Å². The molecule has 0 fully saturated rings. The molecule has 0 saturated heterocycles. The topological polar surface area (TPSA) is 41.1 Å². The van der Waals surface area contributed by atoms with Gasteiger partial charge in [0.05, 0.1) is 0 Å². The lowest BCUT2D eigenvalue weighted by atomic mass is 10.1. The molecule has 116 valence electrons. The summed E-state index contributed by atoms with van der Waals surface area (Å²) < 4.78 is 0. The van der Waals surface area contributed by atoms with E-state index in [9.17, 15) is 4.79 Å². The van der Waals surface area contributed by atoms with Gasteiger partial charge in [0, 0.05) is 12.2 Å². The van der Waals surface area contributed by atoms with E-state index in [0.717, 1.165) is 22.9 Å². The molecule has 3 aromatic rings. The Morgan fingerprint density at radius 3 is 2.48 bits per heavy atom. The summed E-state index contributed by atoms with van der Waals surface area (Å²) in [6.45, 7) is 2.70. The van der Waals surface area contributed by atoms with Crippen LogP contribution in [0.25, 0.3) is 10.8 Å². The molecule has 0 saturated carbocycles. The quantitative estimate of drug-likeness (QED) is 0.731. The van der Waals surface area contributed by atoms with Crippen LogP contribution in [0.2, 0.25) is 0 Å². The molecule has 3 rings (SSSR count). The first-order valence-corrected chi connectivity index (χ1v) is 7.80. The molecule has 0 aromatic heterocycles. The van der Waals surface area contributed by atoms with Crippen molar-refractivity contribution >= 4 is 22.5 Å². The Kier molecular flexibility index (Phi) is 4.57. The number of aryl methyl sites for hydroxylation is 1. The summed E-state index contributed by atoms with van der Waals surface area (Å²) in [4.78, 5) is 12.0. The minimum absolute atomic E-state index is 0.172. The SMILES string of the molecule is Cc1ccccc1CCNC(=O)Nc1ccc2ccccc2c1. The molecule has 0 bridgehead atoms. The van der Waals surface area contributed by atoms with E-state index in [1.807, 2.05) is 48.5 Å². The number of urea groups is 1. The third kappa shape index (κ3) is 3.89. The van der Waals surface area contributed by atoms with Crippen LogP contribution >= 0.6 is 0 Å². The van der Waals surface area contributed by atoms with Gasteiger partial charge in [-0.25, -0.2) is 4.79 Å². The zero-order valence-electron chi connectivity index (χ0n) is 13.2. The van der Waals surface area contributed by atoms with Gasteiger partial charge in [-0.2, -0.15) is 0 Å². The van der Waals surface area contributed by atoms with Crippen molar-refractivity contribution in [2.45, 2.75) is 13.3 Å². The summed E-state index contributed by atoms with van der Waals surface area (Å²) >= 11 is 0. The molecule has 3 heteroatoms. The third-order valence-electron chi connectivity index (χ3n) is 3.95. The summed E-state index contributed by atoms with van der Waals surface area (Å²) in [7, 11) is 0. The maximum absolute atomic E-state index is 12.0. The number of amides is 2. The second-order valence-electron chi connectivity index (χ2n) is 5.62. The second-order valence-corrected chi connectivity index (χ2v) is 5.62. The zero-order valence-corrected chi connectivity index (χ0v) is 13.2. The van der Waals surface area contributed by atoms with E-state index >= 15 is 0 Å². The highest BCUT2D eigenvalue weighted by molar-refractivity contribution is 5.93. The van der Waals surface area contributed by atoms with E-state index in [-0.39, 0.29) is 6.03 Å². The normalized spacial score (nSPS) is 10.5. The van der Waals surface area contributed by atoms with Gasteiger partial charge >= 0.3 is 6.03 Å². The van der Waals surface area contributed by atoms with E-state index in [2.05, 4.69) is 35.8 Å². The van der Waals surface area contributed by atoms with Gasteiger partial charge < -0.3 is 10.6 Å². The molecular weight excluding hydrogens is 284 g/mol. The van der Waals surface area contributed by atoms with Crippen molar-refractivity contribution in [3.8, 4) is 0 Å². The van der Waals surface area contributed by atoms with Gasteiger partial charge in [-0.15, -0.1) is 0 Å². The smallest absolute Gasteiger partial charge is 0.319 e. The molecule has 3 aromatic carbocycles. The molecule has 0 radical (unpaired) electrons. The Balaban J connectivity index is 1.55. The molecule has 0 atom stereocenters. The van der Waals surface area contributed by atoms with Crippen molar-refractivity contribution in [1.82, 2.24) is 5.32 Å². The van der Waals surface area contributed by atoms with Crippen LogP contribution in [0, 0.1) is 6.92 Å². The first-order valence-electron chi connectivity index (χ1n) is 7.80.